The smallest absolute Gasteiger partial charge is 0.258 e. The summed E-state index contributed by atoms with van der Waals surface area (Å²) in [6.07, 6.45) is 0.351. The van der Waals surface area contributed by atoms with E-state index >= 15 is 0 Å². The van der Waals surface area contributed by atoms with Crippen LogP contribution in [-0.4, -0.2) is 28.4 Å². The van der Waals surface area contributed by atoms with Crippen LogP contribution in [0.25, 0.3) is 0 Å². The molecule has 2 atom stereocenters. The van der Waals surface area contributed by atoms with E-state index < -0.39 is 0 Å². The van der Waals surface area contributed by atoms with Gasteiger partial charge in [0.1, 0.15) is 5.75 Å². The van der Waals surface area contributed by atoms with Crippen LogP contribution in [0.1, 0.15) is 42.2 Å². The number of carbonyl (C=O) groups is 2. The first kappa shape index (κ1) is 17.0. The van der Waals surface area contributed by atoms with Gasteiger partial charge in [-0.25, -0.2) is 0 Å². The zero-order valence-electron chi connectivity index (χ0n) is 14.4. The molecule has 3 rings (SSSR count). The number of amides is 2. The lowest BCUT2D eigenvalue weighted by Gasteiger charge is -2.47. The van der Waals surface area contributed by atoms with Crippen LogP contribution in [-0.2, 0) is 4.79 Å². The average molecular weight is 338 g/mol. The highest BCUT2D eigenvalue weighted by atomic mass is 16.3. The Morgan fingerprint density at radius 3 is 2.56 bits per heavy atom. The van der Waals surface area contributed by atoms with E-state index in [1.165, 1.54) is 12.1 Å². The molecule has 0 aliphatic carbocycles. The topological polar surface area (TPSA) is 69.6 Å². The summed E-state index contributed by atoms with van der Waals surface area (Å²) >= 11 is 0. The van der Waals surface area contributed by atoms with Crippen LogP contribution in [0.5, 0.6) is 5.75 Å². The van der Waals surface area contributed by atoms with Gasteiger partial charge in [-0.2, -0.15) is 0 Å². The van der Waals surface area contributed by atoms with Gasteiger partial charge < -0.3 is 15.3 Å². The van der Waals surface area contributed by atoms with Crippen LogP contribution in [0.4, 0.5) is 5.69 Å². The van der Waals surface area contributed by atoms with Crippen molar-refractivity contribution in [3.8, 4) is 5.75 Å². The third kappa shape index (κ3) is 3.36. The number of rotatable bonds is 4. The zero-order chi connectivity index (χ0) is 18.0. The predicted molar refractivity (Wildman–Crippen MR) is 96.4 cm³/mol. The summed E-state index contributed by atoms with van der Waals surface area (Å²) in [4.78, 5) is 26.3. The van der Waals surface area contributed by atoms with E-state index in [4.69, 9.17) is 0 Å². The highest BCUT2D eigenvalue weighted by Gasteiger charge is 2.40. The number of likely N-dealkylation sites (tertiary alicyclic amines) is 1. The Kier molecular flexibility index (Phi) is 4.74. The normalized spacial score (nSPS) is 19.2. The molecule has 0 unspecified atom stereocenters. The molecule has 1 heterocycles. The Balaban J connectivity index is 1.85. The van der Waals surface area contributed by atoms with Gasteiger partial charge in [-0.3, -0.25) is 9.59 Å². The third-order valence-electron chi connectivity index (χ3n) is 4.59. The predicted octanol–water partition coefficient (Wildman–Crippen LogP) is 3.57. The van der Waals surface area contributed by atoms with Gasteiger partial charge in [0.25, 0.3) is 5.91 Å². The molecule has 0 spiro atoms. The summed E-state index contributed by atoms with van der Waals surface area (Å²) in [5.41, 5.74) is 1.81. The maximum Gasteiger partial charge on any atom is 0.258 e. The summed E-state index contributed by atoms with van der Waals surface area (Å²) in [7, 11) is 0. The van der Waals surface area contributed by atoms with Gasteiger partial charge in [0.15, 0.2) is 0 Å². The molecular weight excluding hydrogens is 316 g/mol. The highest BCUT2D eigenvalue weighted by molar-refractivity contribution is 6.00. The van der Waals surface area contributed by atoms with Crippen LogP contribution in [0, 0.1) is 5.92 Å². The summed E-state index contributed by atoms with van der Waals surface area (Å²) in [5, 5.41) is 12.8. The molecule has 0 radical (unpaired) electrons. The van der Waals surface area contributed by atoms with Crippen molar-refractivity contribution in [2.75, 3.05) is 11.9 Å². The largest absolute Gasteiger partial charge is 0.507 e. The number of nitrogens with one attached hydrogen (secondary N) is 1. The summed E-state index contributed by atoms with van der Waals surface area (Å²) in [6.45, 7) is 4.51. The van der Waals surface area contributed by atoms with E-state index in [-0.39, 0.29) is 29.2 Å². The number of hydrogen-bond donors (Lipinski definition) is 2. The first-order valence-corrected chi connectivity index (χ1v) is 8.50. The van der Waals surface area contributed by atoms with Crippen LogP contribution in [0.2, 0.25) is 0 Å². The minimum absolute atomic E-state index is 0.00184. The van der Waals surface area contributed by atoms with E-state index in [1.807, 2.05) is 30.3 Å². The molecule has 2 N–H and O–H groups in total. The van der Waals surface area contributed by atoms with Crippen LogP contribution < -0.4 is 5.32 Å². The lowest BCUT2D eigenvalue weighted by atomic mass is 9.84. The molecule has 2 aromatic rings. The number of phenols is 1. The van der Waals surface area contributed by atoms with Crippen molar-refractivity contribution in [3.63, 3.8) is 0 Å². The Hall–Kier alpha value is -2.82. The number of hydrogen-bond acceptors (Lipinski definition) is 3. The van der Waals surface area contributed by atoms with E-state index in [1.54, 1.807) is 17.9 Å². The number of anilines is 1. The van der Waals surface area contributed by atoms with Crippen LogP contribution >= 0.6 is 0 Å². The zero-order valence-corrected chi connectivity index (χ0v) is 14.4. The first-order chi connectivity index (χ1) is 12.0. The molecule has 130 valence electrons. The molecule has 5 nitrogen and oxygen atoms in total. The second-order valence-electron chi connectivity index (χ2n) is 6.42. The second-order valence-corrected chi connectivity index (χ2v) is 6.42. The maximum atomic E-state index is 12.9. The Bertz CT molecular complexity index is 789. The lowest BCUT2D eigenvalue weighted by molar-refractivity contribution is -0.115. The minimum atomic E-state index is -0.225. The Morgan fingerprint density at radius 2 is 1.92 bits per heavy atom. The standard InChI is InChI=1S/C20H22N2O3/c1-3-18(24)21-15-9-10-17(23)16(11-15)20(25)22-12-13(2)19(22)14-7-5-4-6-8-14/h4-11,13,19,23H,3,12H2,1-2H3,(H,21,24)/t13-,19-/m0/s1. The van der Waals surface area contributed by atoms with Crippen molar-refractivity contribution >= 4 is 17.5 Å². The molecule has 25 heavy (non-hydrogen) atoms. The maximum absolute atomic E-state index is 12.9. The van der Waals surface area contributed by atoms with Crippen molar-refractivity contribution in [2.24, 2.45) is 5.92 Å². The monoisotopic (exact) mass is 338 g/mol. The summed E-state index contributed by atoms with van der Waals surface area (Å²) in [5.74, 6) is -0.0804. The third-order valence-corrected chi connectivity index (χ3v) is 4.59. The van der Waals surface area contributed by atoms with Crippen molar-refractivity contribution in [1.29, 1.82) is 0 Å². The van der Waals surface area contributed by atoms with Crippen LogP contribution in [0.15, 0.2) is 48.5 Å². The number of phenolic OH excluding ortho intramolecular Hbond substituents is 1. The van der Waals surface area contributed by atoms with E-state index in [0.717, 1.165) is 5.56 Å². The van der Waals surface area contributed by atoms with Gasteiger partial charge in [-0.1, -0.05) is 44.2 Å². The molecule has 2 aromatic carbocycles. The fourth-order valence-electron chi connectivity index (χ4n) is 3.25. The molecular formula is C20H22N2O3. The Labute approximate surface area is 147 Å². The number of nitrogens with zero attached hydrogens (tertiary/aromatic N) is 1. The molecule has 0 saturated carbocycles. The van der Waals surface area contributed by atoms with E-state index in [9.17, 15) is 14.7 Å². The molecule has 1 aliphatic rings. The first-order valence-electron chi connectivity index (χ1n) is 8.50. The van der Waals surface area contributed by atoms with Gasteiger partial charge in [-0.15, -0.1) is 0 Å². The van der Waals surface area contributed by atoms with Gasteiger partial charge in [0, 0.05) is 18.7 Å². The van der Waals surface area contributed by atoms with Crippen molar-refractivity contribution in [1.82, 2.24) is 4.90 Å². The van der Waals surface area contributed by atoms with Crippen molar-refractivity contribution in [3.05, 3.63) is 59.7 Å². The van der Waals surface area contributed by atoms with Gasteiger partial charge in [0.05, 0.1) is 11.6 Å². The van der Waals surface area contributed by atoms with E-state index in [2.05, 4.69) is 12.2 Å². The molecule has 1 fully saturated rings. The quantitative estimate of drug-likeness (QED) is 0.837. The van der Waals surface area contributed by atoms with Crippen molar-refractivity contribution in [2.45, 2.75) is 26.3 Å². The fraction of sp³-hybridized carbons (Fsp3) is 0.300. The average Bonchev–Trinajstić information content (AvgIpc) is 2.61. The summed E-state index contributed by atoms with van der Waals surface area (Å²) in [6, 6.07) is 14.5. The Morgan fingerprint density at radius 1 is 1.20 bits per heavy atom. The molecule has 0 bridgehead atoms. The number of benzene rings is 2. The van der Waals surface area contributed by atoms with Gasteiger partial charge in [-0.05, 0) is 29.7 Å². The number of carbonyl (C=O) groups excluding carboxylic acids is 2. The van der Waals surface area contributed by atoms with Gasteiger partial charge >= 0.3 is 0 Å². The summed E-state index contributed by atoms with van der Waals surface area (Å²) < 4.78 is 0. The molecule has 1 aliphatic heterocycles. The number of aromatic hydroxyl groups is 1. The van der Waals surface area contributed by atoms with E-state index in [0.29, 0.717) is 24.6 Å². The molecule has 2 amide bonds. The SMILES string of the molecule is CCC(=O)Nc1ccc(O)c(C(=O)N2C[C@H](C)[C@H]2c2ccccc2)c1. The van der Waals surface area contributed by atoms with Crippen LogP contribution in [0.3, 0.4) is 0 Å². The highest BCUT2D eigenvalue weighted by Crippen LogP contribution is 2.40. The molecule has 1 saturated heterocycles. The van der Waals surface area contributed by atoms with Crippen molar-refractivity contribution < 1.29 is 14.7 Å². The fourth-order valence-corrected chi connectivity index (χ4v) is 3.25. The minimum Gasteiger partial charge on any atom is -0.507 e. The second kappa shape index (κ2) is 6.97. The molecule has 5 heteroatoms. The van der Waals surface area contributed by atoms with Gasteiger partial charge in [0.2, 0.25) is 5.91 Å². The molecule has 0 aromatic heterocycles. The lowest BCUT2D eigenvalue weighted by Crippen LogP contribution is -2.51.